The first kappa shape index (κ1) is 13.4. The van der Waals surface area contributed by atoms with Crippen molar-refractivity contribution in [1.29, 1.82) is 0 Å². The summed E-state index contributed by atoms with van der Waals surface area (Å²) in [5.41, 5.74) is 2.77. The van der Waals surface area contributed by atoms with Crippen molar-refractivity contribution in [2.75, 3.05) is 5.32 Å². The van der Waals surface area contributed by atoms with E-state index in [-0.39, 0.29) is 11.8 Å². The van der Waals surface area contributed by atoms with Crippen molar-refractivity contribution in [2.45, 2.75) is 26.3 Å². The Morgan fingerprint density at radius 3 is 2.84 bits per heavy atom. The first-order chi connectivity index (χ1) is 9.01. The number of benzene rings is 1. The summed E-state index contributed by atoms with van der Waals surface area (Å²) in [7, 11) is 1.87. The smallest absolute Gasteiger partial charge is 0.164 e. The molecule has 0 fully saturated rings. The molecule has 1 heterocycles. The average molecular weight is 263 g/mol. The third-order valence-corrected chi connectivity index (χ3v) is 3.08. The maximum atomic E-state index is 13.0. The number of aromatic nitrogens is 2. The number of hydrogen-bond donors (Lipinski definition) is 2. The number of aromatic hydroxyl groups is 1. The normalized spacial score (nSPS) is 12.4. The van der Waals surface area contributed by atoms with Gasteiger partial charge in [0.1, 0.15) is 0 Å². The molecule has 0 aliphatic heterocycles. The van der Waals surface area contributed by atoms with Crippen molar-refractivity contribution in [3.8, 4) is 5.75 Å². The van der Waals surface area contributed by atoms with Crippen LogP contribution in [0.2, 0.25) is 0 Å². The first-order valence-corrected chi connectivity index (χ1v) is 6.28. The van der Waals surface area contributed by atoms with Crippen LogP contribution in [0.4, 0.5) is 10.1 Å². The lowest BCUT2D eigenvalue weighted by molar-refractivity contribution is 0.431. The Bertz CT molecular complexity index is 580. The highest BCUT2D eigenvalue weighted by Gasteiger charge is 2.12. The summed E-state index contributed by atoms with van der Waals surface area (Å²) in [6.45, 7) is 4.00. The van der Waals surface area contributed by atoms with Gasteiger partial charge in [-0.1, -0.05) is 13.0 Å². The summed E-state index contributed by atoms with van der Waals surface area (Å²) < 4.78 is 14.8. The topological polar surface area (TPSA) is 50.1 Å². The van der Waals surface area contributed by atoms with E-state index < -0.39 is 5.82 Å². The van der Waals surface area contributed by atoms with Gasteiger partial charge in [-0.3, -0.25) is 4.68 Å². The minimum Gasteiger partial charge on any atom is -0.505 e. The van der Waals surface area contributed by atoms with E-state index in [1.807, 2.05) is 27.1 Å². The van der Waals surface area contributed by atoms with Crippen molar-refractivity contribution in [1.82, 2.24) is 9.78 Å². The second-order valence-electron chi connectivity index (χ2n) is 4.59. The molecule has 0 aliphatic rings. The number of rotatable bonds is 4. The van der Waals surface area contributed by atoms with Crippen molar-refractivity contribution >= 4 is 5.69 Å². The molecule has 2 rings (SSSR count). The molecule has 1 atom stereocenters. The summed E-state index contributed by atoms with van der Waals surface area (Å²) in [4.78, 5) is 0. The van der Waals surface area contributed by atoms with Gasteiger partial charge in [-0.15, -0.1) is 0 Å². The molecule has 102 valence electrons. The molecule has 0 saturated carbocycles. The maximum Gasteiger partial charge on any atom is 0.164 e. The zero-order valence-electron chi connectivity index (χ0n) is 11.3. The highest BCUT2D eigenvalue weighted by atomic mass is 19.1. The lowest BCUT2D eigenvalue weighted by atomic mass is 10.1. The number of hydrogen-bond acceptors (Lipinski definition) is 3. The van der Waals surface area contributed by atoms with Crippen LogP contribution in [0.5, 0.6) is 5.75 Å². The quantitative estimate of drug-likeness (QED) is 0.891. The van der Waals surface area contributed by atoms with Crippen LogP contribution in [0, 0.1) is 5.82 Å². The van der Waals surface area contributed by atoms with Gasteiger partial charge in [-0.25, -0.2) is 4.39 Å². The predicted molar refractivity (Wildman–Crippen MR) is 72.7 cm³/mol. The summed E-state index contributed by atoms with van der Waals surface area (Å²) in [5.74, 6) is -0.931. The standard InChI is InChI=1S/C14H18FN3O/c1-4-12-13(8-18(3)17-12)16-9(2)10-5-6-11(15)14(19)7-10/h5-9,16,19H,4H2,1-3H3/t9-/m0/s1. The van der Waals surface area contributed by atoms with Gasteiger partial charge in [0.05, 0.1) is 11.4 Å². The molecule has 0 aliphatic carbocycles. The highest BCUT2D eigenvalue weighted by molar-refractivity contribution is 5.48. The van der Waals surface area contributed by atoms with Gasteiger partial charge in [0, 0.05) is 19.3 Å². The number of anilines is 1. The fraction of sp³-hybridized carbons (Fsp3) is 0.357. The Hall–Kier alpha value is -2.04. The molecule has 2 aromatic rings. The molecular formula is C14H18FN3O. The van der Waals surface area contributed by atoms with E-state index in [1.54, 1.807) is 10.7 Å². The number of phenolic OH excluding ortho intramolecular Hbond substituents is 1. The van der Waals surface area contributed by atoms with Crippen LogP contribution in [0.25, 0.3) is 0 Å². The van der Waals surface area contributed by atoms with Crippen LogP contribution in [0.15, 0.2) is 24.4 Å². The van der Waals surface area contributed by atoms with E-state index in [0.717, 1.165) is 23.4 Å². The Labute approximate surface area is 111 Å². The van der Waals surface area contributed by atoms with Gasteiger partial charge in [-0.2, -0.15) is 5.10 Å². The second-order valence-corrected chi connectivity index (χ2v) is 4.59. The Morgan fingerprint density at radius 1 is 1.47 bits per heavy atom. The van der Waals surface area contributed by atoms with Gasteiger partial charge in [0.15, 0.2) is 11.6 Å². The van der Waals surface area contributed by atoms with Crippen LogP contribution in [-0.2, 0) is 13.5 Å². The van der Waals surface area contributed by atoms with E-state index in [0.29, 0.717) is 0 Å². The molecule has 19 heavy (non-hydrogen) atoms. The summed E-state index contributed by atoms with van der Waals surface area (Å²) >= 11 is 0. The molecule has 0 amide bonds. The van der Waals surface area contributed by atoms with Gasteiger partial charge in [-0.05, 0) is 31.0 Å². The maximum absolute atomic E-state index is 13.0. The van der Waals surface area contributed by atoms with E-state index in [9.17, 15) is 9.50 Å². The molecule has 2 N–H and O–H groups in total. The monoisotopic (exact) mass is 263 g/mol. The third kappa shape index (κ3) is 2.86. The van der Waals surface area contributed by atoms with E-state index in [1.165, 1.54) is 12.1 Å². The van der Waals surface area contributed by atoms with Crippen LogP contribution in [0.3, 0.4) is 0 Å². The molecular weight excluding hydrogens is 245 g/mol. The number of aryl methyl sites for hydroxylation is 2. The van der Waals surface area contributed by atoms with Crippen molar-refractivity contribution in [3.63, 3.8) is 0 Å². The molecule has 4 nitrogen and oxygen atoms in total. The molecule has 0 unspecified atom stereocenters. The van der Waals surface area contributed by atoms with Crippen LogP contribution >= 0.6 is 0 Å². The SMILES string of the molecule is CCc1nn(C)cc1N[C@@H](C)c1ccc(F)c(O)c1. The van der Waals surface area contributed by atoms with Gasteiger partial charge in [0.2, 0.25) is 0 Å². The average Bonchev–Trinajstić information content (AvgIpc) is 2.72. The lowest BCUT2D eigenvalue weighted by Gasteiger charge is -2.15. The lowest BCUT2D eigenvalue weighted by Crippen LogP contribution is -2.07. The van der Waals surface area contributed by atoms with Gasteiger partial charge >= 0.3 is 0 Å². The Morgan fingerprint density at radius 2 is 2.21 bits per heavy atom. The largest absolute Gasteiger partial charge is 0.505 e. The van der Waals surface area contributed by atoms with Crippen LogP contribution in [-0.4, -0.2) is 14.9 Å². The van der Waals surface area contributed by atoms with E-state index in [2.05, 4.69) is 10.4 Å². The van der Waals surface area contributed by atoms with E-state index in [4.69, 9.17) is 0 Å². The molecule has 0 saturated heterocycles. The molecule has 0 radical (unpaired) electrons. The van der Waals surface area contributed by atoms with Crippen molar-refractivity contribution in [2.24, 2.45) is 7.05 Å². The number of nitrogens with one attached hydrogen (secondary N) is 1. The minimum absolute atomic E-state index is 0.0407. The molecule has 0 spiro atoms. The highest BCUT2D eigenvalue weighted by Crippen LogP contribution is 2.25. The number of phenols is 1. The summed E-state index contributed by atoms with van der Waals surface area (Å²) in [6, 6.07) is 4.33. The van der Waals surface area contributed by atoms with Gasteiger partial charge < -0.3 is 10.4 Å². The minimum atomic E-state index is -0.605. The zero-order valence-corrected chi connectivity index (χ0v) is 11.3. The van der Waals surface area contributed by atoms with Crippen molar-refractivity contribution < 1.29 is 9.50 Å². The zero-order chi connectivity index (χ0) is 14.0. The molecule has 1 aromatic carbocycles. The fourth-order valence-corrected chi connectivity index (χ4v) is 2.03. The second kappa shape index (κ2) is 5.30. The molecule has 5 heteroatoms. The van der Waals surface area contributed by atoms with Gasteiger partial charge in [0.25, 0.3) is 0 Å². The van der Waals surface area contributed by atoms with Crippen LogP contribution < -0.4 is 5.32 Å². The Balaban J connectivity index is 2.20. The van der Waals surface area contributed by atoms with Crippen molar-refractivity contribution in [3.05, 3.63) is 41.5 Å². The summed E-state index contributed by atoms with van der Waals surface area (Å²) in [5, 5.41) is 17.1. The predicted octanol–water partition coefficient (Wildman–Crippen LogP) is 3.00. The first-order valence-electron chi connectivity index (χ1n) is 6.28. The molecule has 1 aromatic heterocycles. The number of halogens is 1. The fourth-order valence-electron chi connectivity index (χ4n) is 2.03. The molecule has 0 bridgehead atoms. The summed E-state index contributed by atoms with van der Waals surface area (Å²) in [6.07, 6.45) is 2.75. The van der Waals surface area contributed by atoms with Crippen LogP contribution in [0.1, 0.15) is 31.1 Å². The third-order valence-electron chi connectivity index (χ3n) is 3.08. The number of nitrogens with zero attached hydrogens (tertiary/aromatic N) is 2. The van der Waals surface area contributed by atoms with E-state index >= 15 is 0 Å². The Kier molecular flexibility index (Phi) is 3.74.